The molecule has 0 saturated carbocycles. The van der Waals surface area contributed by atoms with Crippen molar-refractivity contribution in [2.24, 2.45) is 0 Å². The molecule has 2 aliphatic heterocycles. The fourth-order valence-corrected chi connectivity index (χ4v) is 16.7. The molecule has 0 saturated heterocycles. The monoisotopic (exact) mass is 1350 g/mol. The smallest absolute Gasteiger partial charge is 0.160 e. The Hall–Kier alpha value is -14.2. The SMILES string of the molecule is c1ccc(-c2cc3c4c(ncnc4c2)N(c2cccc(-c4cccc(-c5ccc6c7ccccc7c7ccccc7c6c5)c4)c2)c2ccccc2-3)cc1.c1ccc(-c2nc3c4c(cccc4n2)N(c2cccc(-c4cccc(-c5ccc6c7ccccc7c7ccccc7c6c5)c4)c2)c2ccccc2-3)cc1. The van der Waals surface area contributed by atoms with Crippen molar-refractivity contribution in [1.29, 1.82) is 0 Å². The molecule has 18 aromatic carbocycles. The van der Waals surface area contributed by atoms with Crippen LogP contribution in [0.5, 0.6) is 0 Å². The van der Waals surface area contributed by atoms with E-state index < -0.39 is 0 Å². The summed E-state index contributed by atoms with van der Waals surface area (Å²) in [5.41, 5.74) is 24.5. The Morgan fingerprint density at radius 1 is 0.198 bits per heavy atom. The van der Waals surface area contributed by atoms with Crippen LogP contribution in [0, 0.1) is 0 Å². The third-order valence-electron chi connectivity index (χ3n) is 21.6. The van der Waals surface area contributed by atoms with Crippen molar-refractivity contribution in [2.45, 2.75) is 0 Å². The minimum atomic E-state index is 0.739. The predicted octanol–water partition coefficient (Wildman–Crippen LogP) is 27.1. The first-order valence-corrected chi connectivity index (χ1v) is 36.1. The fourth-order valence-electron chi connectivity index (χ4n) is 16.7. The Morgan fingerprint density at radius 3 is 1.13 bits per heavy atom. The van der Waals surface area contributed by atoms with E-state index in [9.17, 15) is 0 Å². The van der Waals surface area contributed by atoms with Gasteiger partial charge >= 0.3 is 0 Å². The second kappa shape index (κ2) is 24.8. The van der Waals surface area contributed by atoms with Gasteiger partial charge in [-0.25, -0.2) is 19.9 Å². The normalized spacial score (nSPS) is 12.1. The zero-order valence-corrected chi connectivity index (χ0v) is 57.5. The first-order chi connectivity index (χ1) is 52.6. The molecule has 0 N–H and O–H groups in total. The summed E-state index contributed by atoms with van der Waals surface area (Å²) >= 11 is 0. The maximum absolute atomic E-state index is 5.19. The average molecular weight is 1350 g/mol. The second-order valence-corrected chi connectivity index (χ2v) is 27.6. The summed E-state index contributed by atoms with van der Waals surface area (Å²) in [6, 6.07) is 133. The third-order valence-corrected chi connectivity index (χ3v) is 21.6. The highest BCUT2D eigenvalue weighted by molar-refractivity contribution is 6.27. The van der Waals surface area contributed by atoms with Crippen LogP contribution in [-0.4, -0.2) is 19.9 Å². The average Bonchev–Trinajstić information content (AvgIpc) is 0.734. The van der Waals surface area contributed by atoms with Gasteiger partial charge in [0.2, 0.25) is 0 Å². The summed E-state index contributed by atoms with van der Waals surface area (Å²) in [6.07, 6.45) is 1.69. The first kappa shape index (κ1) is 60.6. The molecule has 20 aromatic rings. The quantitative estimate of drug-likeness (QED) is 0.141. The number of para-hydroxylation sites is 2. The van der Waals surface area contributed by atoms with Crippen LogP contribution in [0.25, 0.3) is 176 Å². The van der Waals surface area contributed by atoms with Crippen molar-refractivity contribution >= 4 is 121 Å². The van der Waals surface area contributed by atoms with Crippen molar-refractivity contribution in [2.75, 3.05) is 9.80 Å². The third kappa shape index (κ3) is 10.0. The largest absolute Gasteiger partial charge is 0.309 e. The van der Waals surface area contributed by atoms with Crippen molar-refractivity contribution in [3.8, 4) is 89.4 Å². The zero-order chi connectivity index (χ0) is 69.8. The summed E-state index contributed by atoms with van der Waals surface area (Å²) in [4.78, 5) is 24.6. The Balaban J connectivity index is 0.000000136. The van der Waals surface area contributed by atoms with E-state index in [0.29, 0.717) is 0 Å². The molecular weight excluding hydrogens is 1290 g/mol. The van der Waals surface area contributed by atoms with Crippen LogP contribution < -0.4 is 9.80 Å². The summed E-state index contributed by atoms with van der Waals surface area (Å²) in [6.45, 7) is 0. The van der Waals surface area contributed by atoms with Gasteiger partial charge in [0.15, 0.2) is 5.82 Å². The standard InChI is InChI=1S/2C50H31N3/c1-2-13-32(14-3-1)50-51-45-24-12-26-47-48(45)49(52-50)43-23-8-9-25-46(43)53(47)37-18-11-17-35(30-37)33-15-10-16-34(29-33)36-27-28-42-40-21-5-4-19-38(40)39-20-6-7-22-41(39)44(42)31-36;1-2-12-32(13-3-1)37-29-46-44-22-8-9-23-48(44)53(50-49(46)47(30-37)51-31-52-50)38-17-11-16-35(27-38)33-14-10-15-34(26-33)36-24-25-43-41-20-5-4-18-39(41)40-19-6-7-21-42(40)45(43)28-36/h2*1-31H. The molecule has 6 nitrogen and oxygen atoms in total. The van der Waals surface area contributed by atoms with Crippen LogP contribution in [0.15, 0.2) is 376 Å². The highest BCUT2D eigenvalue weighted by atomic mass is 15.2. The minimum absolute atomic E-state index is 0.739. The molecule has 22 rings (SSSR count). The molecule has 492 valence electrons. The predicted molar refractivity (Wildman–Crippen MR) is 444 cm³/mol. The van der Waals surface area contributed by atoms with Crippen LogP contribution in [0.1, 0.15) is 0 Å². The van der Waals surface area contributed by atoms with Gasteiger partial charge in [-0.3, -0.25) is 4.90 Å². The lowest BCUT2D eigenvalue weighted by molar-refractivity contribution is 1.14. The molecule has 2 aliphatic rings. The first-order valence-electron chi connectivity index (χ1n) is 36.1. The Morgan fingerprint density at radius 2 is 0.594 bits per heavy atom. The number of rotatable bonds is 8. The number of aromatic nitrogens is 4. The summed E-state index contributed by atoms with van der Waals surface area (Å²) < 4.78 is 0. The summed E-state index contributed by atoms with van der Waals surface area (Å²) in [5, 5.41) is 17.6. The molecule has 0 amide bonds. The maximum atomic E-state index is 5.19. The van der Waals surface area contributed by atoms with E-state index in [1.54, 1.807) is 6.33 Å². The van der Waals surface area contributed by atoms with Gasteiger partial charge in [0.1, 0.15) is 12.1 Å². The molecule has 106 heavy (non-hydrogen) atoms. The van der Waals surface area contributed by atoms with E-state index in [-0.39, 0.29) is 0 Å². The number of fused-ring (bicyclic) bond motifs is 16. The zero-order valence-electron chi connectivity index (χ0n) is 57.5. The van der Waals surface area contributed by atoms with Crippen LogP contribution in [-0.2, 0) is 0 Å². The van der Waals surface area contributed by atoms with Crippen LogP contribution in [0.2, 0.25) is 0 Å². The molecule has 0 bridgehead atoms. The lowest BCUT2D eigenvalue weighted by Crippen LogP contribution is -2.17. The molecule has 6 heteroatoms. The molecule has 0 radical (unpaired) electrons. The molecular formula is C100H62N6. The van der Waals surface area contributed by atoms with Crippen molar-refractivity contribution in [1.82, 2.24) is 19.9 Å². The lowest BCUT2D eigenvalue weighted by atomic mass is 9.90. The number of anilines is 6. The van der Waals surface area contributed by atoms with E-state index in [4.69, 9.17) is 19.9 Å². The molecule has 0 unspecified atom stereocenters. The second-order valence-electron chi connectivity index (χ2n) is 27.6. The van der Waals surface area contributed by atoms with Crippen LogP contribution >= 0.6 is 0 Å². The Labute approximate surface area is 612 Å². The van der Waals surface area contributed by atoms with Gasteiger partial charge in [-0.2, -0.15) is 0 Å². The van der Waals surface area contributed by atoms with Gasteiger partial charge in [0, 0.05) is 28.1 Å². The van der Waals surface area contributed by atoms with E-state index in [1.807, 2.05) is 18.2 Å². The van der Waals surface area contributed by atoms with Crippen molar-refractivity contribution < 1.29 is 0 Å². The topological polar surface area (TPSA) is 58.0 Å². The molecule has 0 fully saturated rings. The van der Waals surface area contributed by atoms with Crippen LogP contribution in [0.3, 0.4) is 0 Å². The molecule has 4 heterocycles. The van der Waals surface area contributed by atoms with Gasteiger partial charge in [0.05, 0.1) is 44.6 Å². The maximum Gasteiger partial charge on any atom is 0.160 e. The number of benzene rings is 18. The van der Waals surface area contributed by atoms with E-state index in [2.05, 4.69) is 362 Å². The fraction of sp³-hybridized carbons (Fsp3) is 0. The summed E-state index contributed by atoms with van der Waals surface area (Å²) in [5.74, 6) is 1.63. The van der Waals surface area contributed by atoms with Crippen LogP contribution in [0.4, 0.5) is 34.3 Å². The Kier molecular flexibility index (Phi) is 14.2. The highest BCUT2D eigenvalue weighted by Gasteiger charge is 2.31. The van der Waals surface area contributed by atoms with E-state index in [1.165, 1.54) is 109 Å². The minimum Gasteiger partial charge on any atom is -0.309 e. The molecule has 0 atom stereocenters. The number of hydrogen-bond acceptors (Lipinski definition) is 6. The Bertz CT molecular complexity index is 6500. The summed E-state index contributed by atoms with van der Waals surface area (Å²) in [7, 11) is 0. The van der Waals surface area contributed by atoms with Crippen molar-refractivity contribution in [3.05, 3.63) is 376 Å². The van der Waals surface area contributed by atoms with Gasteiger partial charge in [-0.1, -0.05) is 285 Å². The number of nitrogens with zero attached hydrogens (tertiary/aromatic N) is 6. The van der Waals surface area contributed by atoms with Gasteiger partial charge in [-0.05, 0) is 211 Å². The van der Waals surface area contributed by atoms with E-state index >= 15 is 0 Å². The van der Waals surface area contributed by atoms with Gasteiger partial charge < -0.3 is 4.90 Å². The molecule has 2 aromatic heterocycles. The molecule has 0 spiro atoms. The highest BCUT2D eigenvalue weighted by Crippen LogP contribution is 2.53. The number of hydrogen-bond donors (Lipinski definition) is 0. The van der Waals surface area contributed by atoms with Gasteiger partial charge in [0.25, 0.3) is 0 Å². The molecule has 0 aliphatic carbocycles. The van der Waals surface area contributed by atoms with E-state index in [0.717, 1.165) is 101 Å². The lowest BCUT2D eigenvalue weighted by Gasteiger charge is -2.33. The van der Waals surface area contributed by atoms with Gasteiger partial charge in [-0.15, -0.1) is 0 Å². The van der Waals surface area contributed by atoms with Crippen molar-refractivity contribution in [3.63, 3.8) is 0 Å².